The molecular weight excluding hydrogens is 399 g/mol. The van der Waals surface area contributed by atoms with Crippen LogP contribution in [0, 0.1) is 11.8 Å². The molecule has 2 aliphatic rings. The highest BCUT2D eigenvalue weighted by Gasteiger charge is 2.42. The fourth-order valence-electron chi connectivity index (χ4n) is 3.41. The second-order valence-electron chi connectivity index (χ2n) is 6.82. The molecule has 2 aliphatic carbocycles. The summed E-state index contributed by atoms with van der Waals surface area (Å²) in [5.41, 5.74) is 1.00. The number of nitrogens with zero attached hydrogens (tertiary/aromatic N) is 3. The number of aromatic nitrogens is 3. The highest BCUT2D eigenvalue weighted by Crippen LogP contribution is 2.44. The molecule has 9 heteroatoms. The summed E-state index contributed by atoms with van der Waals surface area (Å²) in [4.78, 5) is 14.8. The number of hydrogen-bond acceptors (Lipinski definition) is 3. The maximum Gasteiger partial charge on any atom is 0.379 e. The van der Waals surface area contributed by atoms with E-state index in [1.54, 1.807) is 0 Å². The lowest BCUT2D eigenvalue weighted by atomic mass is 9.88. The van der Waals surface area contributed by atoms with Crippen molar-refractivity contribution >= 4 is 40.2 Å². The molecule has 2 heterocycles. The zero-order valence-electron chi connectivity index (χ0n) is 13.9. The van der Waals surface area contributed by atoms with Crippen LogP contribution in [0.15, 0.2) is 36.1 Å². The number of aliphatic carboxylic acids is 1. The van der Waals surface area contributed by atoms with Gasteiger partial charge in [0.2, 0.25) is 0 Å². The summed E-state index contributed by atoms with van der Waals surface area (Å²) >= 11 is 12.6. The molecule has 0 amide bonds. The molecule has 4 rings (SSSR count). The molecule has 1 N–H and O–H groups in total. The SMILES string of the molecule is O=C(O)C(F)(F)c1cnc2c(Cl)nn(CC3C(C4CC4)=CC=CC3Cl)c2c1. The Morgan fingerprint density at radius 2 is 2.15 bits per heavy atom. The van der Waals surface area contributed by atoms with Crippen LogP contribution in [-0.2, 0) is 17.3 Å². The summed E-state index contributed by atoms with van der Waals surface area (Å²) < 4.78 is 29.3. The molecule has 27 heavy (non-hydrogen) atoms. The molecule has 0 radical (unpaired) electrons. The van der Waals surface area contributed by atoms with Gasteiger partial charge in [-0.05, 0) is 24.8 Å². The van der Waals surface area contributed by atoms with Gasteiger partial charge in [0.25, 0.3) is 0 Å². The third-order valence-corrected chi connectivity index (χ3v) is 5.70. The largest absolute Gasteiger partial charge is 0.477 e. The fraction of sp³-hybridized carbons (Fsp3) is 0.389. The summed E-state index contributed by atoms with van der Waals surface area (Å²) in [6, 6.07) is 1.08. The van der Waals surface area contributed by atoms with Crippen LogP contribution in [0.3, 0.4) is 0 Å². The van der Waals surface area contributed by atoms with E-state index in [9.17, 15) is 13.6 Å². The van der Waals surface area contributed by atoms with Crippen molar-refractivity contribution < 1.29 is 18.7 Å². The van der Waals surface area contributed by atoms with Crippen LogP contribution in [0.25, 0.3) is 11.0 Å². The predicted molar refractivity (Wildman–Crippen MR) is 97.1 cm³/mol. The number of allylic oxidation sites excluding steroid dienone is 4. The molecule has 0 aromatic carbocycles. The monoisotopic (exact) mass is 413 g/mol. The van der Waals surface area contributed by atoms with Gasteiger partial charge in [0, 0.05) is 12.1 Å². The van der Waals surface area contributed by atoms with Gasteiger partial charge in [0.05, 0.1) is 23.0 Å². The molecule has 0 spiro atoms. The molecule has 0 bridgehead atoms. The lowest BCUT2D eigenvalue weighted by Gasteiger charge is -2.26. The summed E-state index contributed by atoms with van der Waals surface area (Å²) in [6.07, 6.45) is 8.90. The number of halogens is 4. The summed E-state index contributed by atoms with van der Waals surface area (Å²) in [5, 5.41) is 12.8. The quantitative estimate of drug-likeness (QED) is 0.737. The maximum atomic E-state index is 13.9. The first-order chi connectivity index (χ1) is 12.8. The number of alkyl halides is 3. The molecule has 1 saturated carbocycles. The first kappa shape index (κ1) is 18.4. The normalized spacial score (nSPS) is 22.9. The number of carbonyl (C=O) groups is 1. The highest BCUT2D eigenvalue weighted by atomic mass is 35.5. The lowest BCUT2D eigenvalue weighted by molar-refractivity contribution is -0.166. The van der Waals surface area contributed by atoms with Gasteiger partial charge in [-0.15, -0.1) is 11.6 Å². The van der Waals surface area contributed by atoms with E-state index in [-0.39, 0.29) is 27.5 Å². The summed E-state index contributed by atoms with van der Waals surface area (Å²) in [7, 11) is 0. The van der Waals surface area contributed by atoms with E-state index in [0.29, 0.717) is 12.5 Å². The van der Waals surface area contributed by atoms with Crippen molar-refractivity contribution in [3.8, 4) is 0 Å². The molecule has 0 aliphatic heterocycles. The minimum Gasteiger partial charge on any atom is -0.477 e. The number of rotatable bonds is 5. The minimum absolute atomic E-state index is 0.0491. The number of hydrogen-bond donors (Lipinski definition) is 1. The predicted octanol–water partition coefficient (Wildman–Crippen LogP) is 4.39. The van der Waals surface area contributed by atoms with Crippen molar-refractivity contribution in [2.75, 3.05) is 0 Å². The first-order valence-corrected chi connectivity index (χ1v) is 9.26. The van der Waals surface area contributed by atoms with E-state index in [2.05, 4.69) is 16.2 Å². The molecule has 2 aromatic heterocycles. The lowest BCUT2D eigenvalue weighted by Crippen LogP contribution is -2.26. The van der Waals surface area contributed by atoms with Crippen LogP contribution in [0.5, 0.6) is 0 Å². The zero-order chi connectivity index (χ0) is 19.3. The molecule has 142 valence electrons. The Morgan fingerprint density at radius 3 is 2.81 bits per heavy atom. The molecule has 2 atom stereocenters. The average molecular weight is 414 g/mol. The van der Waals surface area contributed by atoms with E-state index < -0.39 is 17.5 Å². The van der Waals surface area contributed by atoms with E-state index >= 15 is 0 Å². The van der Waals surface area contributed by atoms with Gasteiger partial charge < -0.3 is 5.11 Å². The van der Waals surface area contributed by atoms with Gasteiger partial charge in [-0.3, -0.25) is 9.67 Å². The third kappa shape index (κ3) is 3.23. The molecular formula is C18H15Cl2F2N3O2. The average Bonchev–Trinajstić information content (AvgIpc) is 3.42. The third-order valence-electron chi connectivity index (χ3n) is 5.00. The second kappa shape index (κ2) is 6.56. The molecule has 0 saturated heterocycles. The van der Waals surface area contributed by atoms with Crippen molar-refractivity contribution in [3.05, 3.63) is 46.8 Å². The number of carboxylic acids is 1. The number of pyridine rings is 1. The number of carboxylic acid groups (broad SMARTS) is 1. The number of fused-ring (bicyclic) bond motifs is 1. The van der Waals surface area contributed by atoms with Gasteiger partial charge in [-0.1, -0.05) is 35.4 Å². The van der Waals surface area contributed by atoms with Crippen LogP contribution in [0.4, 0.5) is 8.78 Å². The minimum atomic E-state index is -4.05. The van der Waals surface area contributed by atoms with Crippen molar-refractivity contribution in [1.82, 2.24) is 14.8 Å². The Labute approximate surface area is 163 Å². The van der Waals surface area contributed by atoms with E-state index in [4.69, 9.17) is 28.3 Å². The van der Waals surface area contributed by atoms with Crippen LogP contribution in [0.1, 0.15) is 18.4 Å². The molecule has 2 unspecified atom stereocenters. The van der Waals surface area contributed by atoms with Gasteiger partial charge in [-0.25, -0.2) is 4.79 Å². The van der Waals surface area contributed by atoms with Crippen LogP contribution in [0.2, 0.25) is 5.15 Å². The second-order valence-corrected chi connectivity index (χ2v) is 7.68. The Kier molecular flexibility index (Phi) is 4.47. The standard InChI is InChI=1S/C18H15Cl2F2N3O2/c19-13-3-1-2-11(9-4-5-9)12(13)8-25-14-6-10(18(21,22)17(26)27)7-23-15(14)16(20)24-25/h1-3,6-7,9,12-13H,4-5,8H2,(H,26,27). The van der Waals surface area contributed by atoms with Crippen LogP contribution in [-0.4, -0.2) is 31.2 Å². The van der Waals surface area contributed by atoms with E-state index in [1.165, 1.54) is 10.3 Å². The fourth-order valence-corrected chi connectivity index (χ4v) is 3.96. The topological polar surface area (TPSA) is 68.0 Å². The van der Waals surface area contributed by atoms with Crippen molar-refractivity contribution in [2.45, 2.75) is 30.7 Å². The van der Waals surface area contributed by atoms with Gasteiger partial charge in [-0.2, -0.15) is 13.9 Å². The van der Waals surface area contributed by atoms with Crippen molar-refractivity contribution in [1.29, 1.82) is 0 Å². The Balaban J connectivity index is 1.74. The van der Waals surface area contributed by atoms with E-state index in [0.717, 1.165) is 25.1 Å². The summed E-state index contributed by atoms with van der Waals surface area (Å²) in [6.45, 7) is 0.341. The molecule has 1 fully saturated rings. The van der Waals surface area contributed by atoms with Gasteiger partial charge >= 0.3 is 11.9 Å². The Morgan fingerprint density at radius 1 is 1.41 bits per heavy atom. The van der Waals surface area contributed by atoms with E-state index in [1.807, 2.05) is 12.2 Å². The van der Waals surface area contributed by atoms with Crippen molar-refractivity contribution in [2.24, 2.45) is 11.8 Å². The van der Waals surface area contributed by atoms with Gasteiger partial charge in [0.15, 0.2) is 5.15 Å². The smallest absolute Gasteiger partial charge is 0.379 e. The van der Waals surface area contributed by atoms with Gasteiger partial charge in [0.1, 0.15) is 5.52 Å². The Bertz CT molecular complexity index is 982. The Hall–Kier alpha value is -1.99. The maximum absolute atomic E-state index is 13.9. The highest BCUT2D eigenvalue weighted by molar-refractivity contribution is 6.33. The van der Waals surface area contributed by atoms with Crippen LogP contribution < -0.4 is 0 Å². The zero-order valence-corrected chi connectivity index (χ0v) is 15.5. The summed E-state index contributed by atoms with van der Waals surface area (Å²) in [5.74, 6) is -5.85. The molecule has 2 aromatic rings. The van der Waals surface area contributed by atoms with Crippen LogP contribution >= 0.6 is 23.2 Å². The first-order valence-electron chi connectivity index (χ1n) is 8.45. The van der Waals surface area contributed by atoms with Crippen molar-refractivity contribution in [3.63, 3.8) is 0 Å². The molecule has 5 nitrogen and oxygen atoms in total.